The molecule has 78 valence electrons. The Bertz CT molecular complexity index is 239. The molecular weight excluding hydrogens is 174 g/mol. The molecule has 0 radical (unpaired) electrons. The van der Waals surface area contributed by atoms with Gasteiger partial charge in [-0.1, -0.05) is 6.08 Å². The predicted molar refractivity (Wildman–Crippen MR) is 59.0 cm³/mol. The minimum absolute atomic E-state index is 0.598. The van der Waals surface area contributed by atoms with E-state index in [1.165, 1.54) is 26.2 Å². The third kappa shape index (κ3) is 2.22. The summed E-state index contributed by atoms with van der Waals surface area (Å²) >= 11 is 0. The van der Waals surface area contributed by atoms with Gasteiger partial charge >= 0.3 is 0 Å². The third-order valence-corrected chi connectivity index (χ3v) is 3.24. The van der Waals surface area contributed by atoms with E-state index in [4.69, 9.17) is 5.41 Å². The number of hydrogen-bond acceptors (Lipinski definition) is 3. The highest BCUT2D eigenvalue weighted by atomic mass is 15.3. The van der Waals surface area contributed by atoms with Gasteiger partial charge in [0.1, 0.15) is 0 Å². The first-order valence-corrected chi connectivity index (χ1v) is 5.42. The number of nitrogens with zero attached hydrogens (tertiary/aromatic N) is 2. The molecule has 1 unspecified atom stereocenters. The fraction of sp³-hybridized carbons (Fsp3) is 0.727. The molecular formula is C11H19N3. The summed E-state index contributed by atoms with van der Waals surface area (Å²) in [5.41, 5.74) is 0.792. The quantitative estimate of drug-likeness (QED) is 0.672. The first-order valence-electron chi connectivity index (χ1n) is 5.42. The second kappa shape index (κ2) is 4.24. The van der Waals surface area contributed by atoms with Crippen molar-refractivity contribution in [1.29, 1.82) is 5.41 Å². The minimum atomic E-state index is 0.598. The van der Waals surface area contributed by atoms with Crippen LogP contribution < -0.4 is 0 Å². The number of piperazine rings is 1. The van der Waals surface area contributed by atoms with Crippen LogP contribution >= 0.6 is 0 Å². The molecule has 2 rings (SSSR count). The SMILES string of the molecule is CN1CCN(C2CC=CC(=N)C2)CC1. The standard InChI is InChI=1S/C11H19N3/c1-13-5-7-14(8-6-13)11-4-2-3-10(12)9-11/h2-3,11-12H,4-9H2,1H3. The maximum Gasteiger partial charge on any atom is 0.0326 e. The highest BCUT2D eigenvalue weighted by Crippen LogP contribution is 2.16. The fourth-order valence-electron chi connectivity index (χ4n) is 2.24. The summed E-state index contributed by atoms with van der Waals surface area (Å²) in [6.45, 7) is 4.69. The van der Waals surface area contributed by atoms with Gasteiger partial charge in [0.15, 0.2) is 0 Å². The van der Waals surface area contributed by atoms with Gasteiger partial charge < -0.3 is 10.3 Å². The summed E-state index contributed by atoms with van der Waals surface area (Å²) in [6.07, 6.45) is 6.17. The van der Waals surface area contributed by atoms with Crippen LogP contribution in [0.25, 0.3) is 0 Å². The topological polar surface area (TPSA) is 30.3 Å². The van der Waals surface area contributed by atoms with Crippen molar-refractivity contribution in [3.63, 3.8) is 0 Å². The molecule has 1 N–H and O–H groups in total. The first kappa shape index (κ1) is 9.87. The number of hydrogen-bond donors (Lipinski definition) is 1. The number of allylic oxidation sites excluding steroid dienone is 1. The molecule has 3 nitrogen and oxygen atoms in total. The third-order valence-electron chi connectivity index (χ3n) is 3.24. The molecule has 2 aliphatic rings. The Balaban J connectivity index is 1.89. The van der Waals surface area contributed by atoms with Crippen LogP contribution in [0.15, 0.2) is 12.2 Å². The second-order valence-corrected chi connectivity index (χ2v) is 4.36. The van der Waals surface area contributed by atoms with Crippen LogP contribution in [0.1, 0.15) is 12.8 Å². The average Bonchev–Trinajstić information content (AvgIpc) is 2.19. The van der Waals surface area contributed by atoms with E-state index in [1.54, 1.807) is 0 Å². The van der Waals surface area contributed by atoms with Gasteiger partial charge in [-0.25, -0.2) is 0 Å². The molecule has 0 spiro atoms. The molecule has 0 amide bonds. The summed E-state index contributed by atoms with van der Waals surface area (Å²) in [6, 6.07) is 0.598. The molecule has 3 heteroatoms. The van der Waals surface area contributed by atoms with Gasteiger partial charge in [0.2, 0.25) is 0 Å². The molecule has 0 aromatic heterocycles. The Morgan fingerprint density at radius 2 is 2.00 bits per heavy atom. The number of rotatable bonds is 1. The van der Waals surface area contributed by atoms with Crippen molar-refractivity contribution in [1.82, 2.24) is 9.80 Å². The summed E-state index contributed by atoms with van der Waals surface area (Å²) in [5.74, 6) is 0. The monoisotopic (exact) mass is 193 g/mol. The average molecular weight is 193 g/mol. The zero-order valence-electron chi connectivity index (χ0n) is 8.87. The lowest BCUT2D eigenvalue weighted by Gasteiger charge is -2.38. The van der Waals surface area contributed by atoms with Gasteiger partial charge in [0.05, 0.1) is 0 Å². The van der Waals surface area contributed by atoms with E-state index < -0.39 is 0 Å². The van der Waals surface area contributed by atoms with Crippen LogP contribution in [0.2, 0.25) is 0 Å². The highest BCUT2D eigenvalue weighted by Gasteiger charge is 2.23. The van der Waals surface area contributed by atoms with Crippen molar-refractivity contribution in [2.45, 2.75) is 18.9 Å². The van der Waals surface area contributed by atoms with Crippen molar-refractivity contribution in [2.24, 2.45) is 0 Å². The number of nitrogens with one attached hydrogen (secondary N) is 1. The molecule has 1 saturated heterocycles. The molecule has 1 aliphatic heterocycles. The maximum atomic E-state index is 7.65. The number of likely N-dealkylation sites (N-methyl/N-ethyl adjacent to an activating group) is 1. The summed E-state index contributed by atoms with van der Waals surface area (Å²) in [7, 11) is 2.18. The van der Waals surface area contributed by atoms with Crippen molar-refractivity contribution < 1.29 is 0 Å². The van der Waals surface area contributed by atoms with Crippen LogP contribution in [0.3, 0.4) is 0 Å². The van der Waals surface area contributed by atoms with Crippen LogP contribution in [0.5, 0.6) is 0 Å². The smallest absolute Gasteiger partial charge is 0.0326 e. The molecule has 1 heterocycles. The van der Waals surface area contributed by atoms with Gasteiger partial charge in [-0.15, -0.1) is 0 Å². The van der Waals surface area contributed by atoms with Crippen LogP contribution in [0.4, 0.5) is 0 Å². The summed E-state index contributed by atoms with van der Waals surface area (Å²) in [4.78, 5) is 4.92. The van der Waals surface area contributed by atoms with E-state index in [9.17, 15) is 0 Å². The van der Waals surface area contributed by atoms with E-state index >= 15 is 0 Å². The van der Waals surface area contributed by atoms with Crippen LogP contribution in [-0.4, -0.2) is 54.8 Å². The van der Waals surface area contributed by atoms with E-state index in [2.05, 4.69) is 22.9 Å². The van der Waals surface area contributed by atoms with Crippen molar-refractivity contribution >= 4 is 5.71 Å². The summed E-state index contributed by atoms with van der Waals surface area (Å²) < 4.78 is 0. The lowest BCUT2D eigenvalue weighted by Crippen LogP contribution is -2.49. The van der Waals surface area contributed by atoms with E-state index in [0.717, 1.165) is 18.6 Å². The highest BCUT2D eigenvalue weighted by molar-refractivity contribution is 5.93. The molecule has 1 aliphatic carbocycles. The zero-order valence-corrected chi connectivity index (χ0v) is 8.87. The normalized spacial score (nSPS) is 30.9. The Morgan fingerprint density at radius 1 is 1.29 bits per heavy atom. The van der Waals surface area contributed by atoms with Crippen molar-refractivity contribution in [2.75, 3.05) is 33.2 Å². The first-order chi connectivity index (χ1) is 6.75. The van der Waals surface area contributed by atoms with Gasteiger partial charge in [0, 0.05) is 44.4 Å². The molecule has 0 aromatic carbocycles. The van der Waals surface area contributed by atoms with E-state index in [1.807, 2.05) is 6.08 Å². The lowest BCUT2D eigenvalue weighted by atomic mass is 9.98. The van der Waals surface area contributed by atoms with Crippen molar-refractivity contribution in [3.8, 4) is 0 Å². The Hall–Kier alpha value is -0.670. The molecule has 0 aromatic rings. The lowest BCUT2D eigenvalue weighted by molar-refractivity contribution is 0.114. The fourth-order valence-corrected chi connectivity index (χ4v) is 2.24. The second-order valence-electron chi connectivity index (χ2n) is 4.36. The molecule has 0 saturated carbocycles. The van der Waals surface area contributed by atoms with Gasteiger partial charge in [-0.2, -0.15) is 0 Å². The Labute approximate surface area is 85.9 Å². The van der Waals surface area contributed by atoms with Crippen LogP contribution in [0, 0.1) is 5.41 Å². The van der Waals surface area contributed by atoms with Gasteiger partial charge in [-0.05, 0) is 19.5 Å². The maximum absolute atomic E-state index is 7.65. The molecule has 0 bridgehead atoms. The predicted octanol–water partition coefficient (Wildman–Crippen LogP) is 0.972. The van der Waals surface area contributed by atoms with Gasteiger partial charge in [0.25, 0.3) is 0 Å². The Kier molecular flexibility index (Phi) is 2.99. The minimum Gasteiger partial charge on any atom is -0.305 e. The van der Waals surface area contributed by atoms with Crippen LogP contribution in [-0.2, 0) is 0 Å². The molecule has 14 heavy (non-hydrogen) atoms. The molecule has 1 fully saturated rings. The largest absolute Gasteiger partial charge is 0.305 e. The zero-order chi connectivity index (χ0) is 9.97. The van der Waals surface area contributed by atoms with E-state index in [-0.39, 0.29) is 0 Å². The van der Waals surface area contributed by atoms with Crippen molar-refractivity contribution in [3.05, 3.63) is 12.2 Å². The summed E-state index contributed by atoms with van der Waals surface area (Å²) in [5, 5.41) is 7.65. The van der Waals surface area contributed by atoms with Gasteiger partial charge in [-0.3, -0.25) is 4.90 Å². The van der Waals surface area contributed by atoms with E-state index in [0.29, 0.717) is 6.04 Å². The molecule has 1 atom stereocenters. The Morgan fingerprint density at radius 3 is 2.64 bits per heavy atom.